The SMILES string of the molecule is O=C1CCC(=O)N1N1CCN(Cc2c(Cl)cccc2N2CCCC2)CC1. The van der Waals surface area contributed by atoms with Gasteiger partial charge in [0.2, 0.25) is 11.8 Å². The lowest BCUT2D eigenvalue weighted by Gasteiger charge is -2.38. The van der Waals surface area contributed by atoms with E-state index in [0.717, 1.165) is 37.7 Å². The molecule has 3 aliphatic heterocycles. The second-order valence-electron chi connectivity index (χ2n) is 7.26. The van der Waals surface area contributed by atoms with Crippen LogP contribution in [-0.4, -0.2) is 66.0 Å². The molecule has 3 saturated heterocycles. The third-order valence-corrected chi connectivity index (χ3v) is 5.93. The molecule has 0 saturated carbocycles. The summed E-state index contributed by atoms with van der Waals surface area (Å²) >= 11 is 6.54. The van der Waals surface area contributed by atoms with Gasteiger partial charge in [0.05, 0.1) is 0 Å². The van der Waals surface area contributed by atoms with Gasteiger partial charge < -0.3 is 4.90 Å². The third-order valence-electron chi connectivity index (χ3n) is 5.58. The standard InChI is InChI=1S/C19H25ClN4O2/c20-16-4-3-5-17(22-8-1-2-9-22)15(16)14-21-10-12-23(13-11-21)24-18(25)6-7-19(24)26/h3-5H,1-2,6-14H2. The Labute approximate surface area is 159 Å². The molecule has 0 aromatic heterocycles. The first-order chi connectivity index (χ1) is 12.6. The summed E-state index contributed by atoms with van der Waals surface area (Å²) in [6.07, 6.45) is 3.17. The number of imide groups is 1. The van der Waals surface area contributed by atoms with Crippen LogP contribution in [0.1, 0.15) is 31.2 Å². The number of hydrogen-bond acceptors (Lipinski definition) is 5. The lowest BCUT2D eigenvalue weighted by Crippen LogP contribution is -2.55. The number of carbonyl (C=O) groups is 2. The van der Waals surface area contributed by atoms with Crippen molar-refractivity contribution in [3.8, 4) is 0 Å². The highest BCUT2D eigenvalue weighted by Gasteiger charge is 2.35. The average molecular weight is 377 g/mol. The molecule has 3 aliphatic rings. The van der Waals surface area contributed by atoms with Gasteiger partial charge in [-0.25, -0.2) is 10.0 Å². The number of nitrogens with zero attached hydrogens (tertiary/aromatic N) is 4. The fourth-order valence-electron chi connectivity index (χ4n) is 4.16. The zero-order valence-corrected chi connectivity index (χ0v) is 15.7. The van der Waals surface area contributed by atoms with Gasteiger partial charge in [-0.05, 0) is 25.0 Å². The van der Waals surface area contributed by atoms with Gasteiger partial charge >= 0.3 is 0 Å². The molecule has 0 aliphatic carbocycles. The molecule has 4 rings (SSSR count). The Kier molecular flexibility index (Phi) is 5.16. The zero-order valence-electron chi connectivity index (χ0n) is 15.0. The van der Waals surface area contributed by atoms with Crippen molar-refractivity contribution in [2.45, 2.75) is 32.2 Å². The van der Waals surface area contributed by atoms with Crippen LogP contribution in [0, 0.1) is 0 Å². The minimum atomic E-state index is -0.0640. The number of rotatable bonds is 4. The van der Waals surface area contributed by atoms with Crippen LogP contribution in [0.25, 0.3) is 0 Å². The molecule has 1 aromatic carbocycles. The van der Waals surface area contributed by atoms with Crippen molar-refractivity contribution in [1.29, 1.82) is 0 Å². The van der Waals surface area contributed by atoms with E-state index in [9.17, 15) is 9.59 Å². The van der Waals surface area contributed by atoms with E-state index in [0.29, 0.717) is 25.9 Å². The normalized spacial score (nSPS) is 22.7. The molecule has 6 nitrogen and oxygen atoms in total. The van der Waals surface area contributed by atoms with Gasteiger partial charge in [-0.1, -0.05) is 17.7 Å². The number of anilines is 1. The number of amides is 2. The second kappa shape index (κ2) is 7.55. The highest BCUT2D eigenvalue weighted by Crippen LogP contribution is 2.31. The number of piperazine rings is 1. The summed E-state index contributed by atoms with van der Waals surface area (Å²) in [5, 5.41) is 4.09. The highest BCUT2D eigenvalue weighted by atomic mass is 35.5. The van der Waals surface area contributed by atoms with Crippen molar-refractivity contribution in [2.24, 2.45) is 0 Å². The van der Waals surface area contributed by atoms with E-state index in [4.69, 9.17) is 11.6 Å². The topological polar surface area (TPSA) is 47.1 Å². The van der Waals surface area contributed by atoms with E-state index in [-0.39, 0.29) is 11.8 Å². The molecular weight excluding hydrogens is 352 g/mol. The van der Waals surface area contributed by atoms with Gasteiger partial charge in [0.1, 0.15) is 0 Å². The minimum Gasteiger partial charge on any atom is -0.371 e. The Balaban J connectivity index is 1.42. The second-order valence-corrected chi connectivity index (χ2v) is 7.67. The van der Waals surface area contributed by atoms with Crippen LogP contribution in [0.3, 0.4) is 0 Å². The fourth-order valence-corrected chi connectivity index (χ4v) is 4.39. The van der Waals surface area contributed by atoms with Crippen LogP contribution in [-0.2, 0) is 16.1 Å². The molecule has 0 unspecified atom stereocenters. The molecule has 0 atom stereocenters. The Morgan fingerprint density at radius 1 is 0.885 bits per heavy atom. The molecule has 0 bridgehead atoms. The monoisotopic (exact) mass is 376 g/mol. The maximum absolute atomic E-state index is 11.9. The summed E-state index contributed by atoms with van der Waals surface area (Å²) < 4.78 is 0. The summed E-state index contributed by atoms with van der Waals surface area (Å²) in [6.45, 7) is 6.03. The predicted octanol–water partition coefficient (Wildman–Crippen LogP) is 2.12. The van der Waals surface area contributed by atoms with Crippen molar-refractivity contribution in [2.75, 3.05) is 44.2 Å². The Hall–Kier alpha value is -1.63. The van der Waals surface area contributed by atoms with Gasteiger partial charge in [0.25, 0.3) is 0 Å². The van der Waals surface area contributed by atoms with Gasteiger partial charge in [0, 0.05) is 74.9 Å². The number of benzene rings is 1. The first kappa shape index (κ1) is 17.8. The maximum Gasteiger partial charge on any atom is 0.244 e. The van der Waals surface area contributed by atoms with E-state index in [2.05, 4.69) is 15.9 Å². The van der Waals surface area contributed by atoms with E-state index in [1.165, 1.54) is 29.1 Å². The molecule has 7 heteroatoms. The van der Waals surface area contributed by atoms with Crippen molar-refractivity contribution in [3.05, 3.63) is 28.8 Å². The molecule has 0 N–H and O–H groups in total. The molecule has 26 heavy (non-hydrogen) atoms. The highest BCUT2D eigenvalue weighted by molar-refractivity contribution is 6.31. The lowest BCUT2D eigenvalue weighted by molar-refractivity contribution is -0.160. The van der Waals surface area contributed by atoms with E-state index < -0.39 is 0 Å². The van der Waals surface area contributed by atoms with Crippen LogP contribution in [0.2, 0.25) is 5.02 Å². The first-order valence-electron chi connectivity index (χ1n) is 9.49. The number of hydrogen-bond donors (Lipinski definition) is 0. The van der Waals surface area contributed by atoms with E-state index in [1.807, 2.05) is 17.1 Å². The molecule has 1 aromatic rings. The Bertz CT molecular complexity index is 681. The van der Waals surface area contributed by atoms with Crippen molar-refractivity contribution in [3.63, 3.8) is 0 Å². The smallest absolute Gasteiger partial charge is 0.244 e. The Morgan fingerprint density at radius 2 is 1.54 bits per heavy atom. The fraction of sp³-hybridized carbons (Fsp3) is 0.579. The van der Waals surface area contributed by atoms with E-state index in [1.54, 1.807) is 0 Å². The van der Waals surface area contributed by atoms with Crippen LogP contribution in [0.5, 0.6) is 0 Å². The van der Waals surface area contributed by atoms with Gasteiger partial charge in [-0.2, -0.15) is 0 Å². The summed E-state index contributed by atoms with van der Waals surface area (Å²) in [5.74, 6) is -0.128. The van der Waals surface area contributed by atoms with E-state index >= 15 is 0 Å². The molecule has 140 valence electrons. The van der Waals surface area contributed by atoms with Gasteiger partial charge in [-0.3, -0.25) is 14.5 Å². The van der Waals surface area contributed by atoms with Crippen molar-refractivity contribution < 1.29 is 9.59 Å². The van der Waals surface area contributed by atoms with Crippen LogP contribution in [0.15, 0.2) is 18.2 Å². The number of carbonyl (C=O) groups excluding carboxylic acids is 2. The number of halogens is 1. The quantitative estimate of drug-likeness (QED) is 0.753. The maximum atomic E-state index is 11.9. The lowest BCUT2D eigenvalue weighted by atomic mass is 10.1. The average Bonchev–Trinajstić information content (AvgIpc) is 3.28. The number of hydrazine groups is 1. The Morgan fingerprint density at radius 3 is 2.19 bits per heavy atom. The molecule has 0 spiro atoms. The molecular formula is C19H25ClN4O2. The largest absolute Gasteiger partial charge is 0.371 e. The third kappa shape index (κ3) is 3.46. The van der Waals surface area contributed by atoms with Crippen LogP contribution < -0.4 is 4.90 Å². The molecule has 0 radical (unpaired) electrons. The summed E-state index contributed by atoms with van der Waals surface area (Å²) in [6, 6.07) is 6.17. The minimum absolute atomic E-state index is 0.0640. The summed E-state index contributed by atoms with van der Waals surface area (Å²) in [4.78, 5) is 28.6. The summed E-state index contributed by atoms with van der Waals surface area (Å²) in [5.41, 5.74) is 2.44. The van der Waals surface area contributed by atoms with Gasteiger partial charge in [0.15, 0.2) is 0 Å². The van der Waals surface area contributed by atoms with Crippen molar-refractivity contribution >= 4 is 29.1 Å². The molecule has 3 fully saturated rings. The van der Waals surface area contributed by atoms with Crippen molar-refractivity contribution in [1.82, 2.24) is 14.9 Å². The van der Waals surface area contributed by atoms with Crippen LogP contribution in [0.4, 0.5) is 5.69 Å². The zero-order chi connectivity index (χ0) is 18.1. The van der Waals surface area contributed by atoms with Gasteiger partial charge in [-0.15, -0.1) is 0 Å². The summed E-state index contributed by atoms with van der Waals surface area (Å²) in [7, 11) is 0. The molecule has 2 amide bonds. The van der Waals surface area contributed by atoms with Crippen LogP contribution >= 0.6 is 11.6 Å². The predicted molar refractivity (Wildman–Crippen MR) is 101 cm³/mol. The first-order valence-corrected chi connectivity index (χ1v) is 9.86. The molecule has 3 heterocycles.